The second-order valence-corrected chi connectivity index (χ2v) is 9.19. The van der Waals surface area contributed by atoms with E-state index in [0.29, 0.717) is 18.7 Å². The number of hydrogen-bond donors (Lipinski definition) is 0. The fraction of sp³-hybridized carbons (Fsp3) is 0.480. The van der Waals surface area contributed by atoms with Gasteiger partial charge in [0.25, 0.3) is 0 Å². The van der Waals surface area contributed by atoms with Gasteiger partial charge >= 0.3 is 0 Å². The first kappa shape index (κ1) is 19.7. The molecule has 6 heterocycles. The van der Waals surface area contributed by atoms with Crippen LogP contribution < -0.4 is 9.64 Å². The number of likely N-dealkylation sites (tertiary alicyclic amines) is 1. The predicted molar refractivity (Wildman–Crippen MR) is 125 cm³/mol. The third-order valence-electron chi connectivity index (χ3n) is 7.25. The topological polar surface area (TPSA) is 59.3 Å². The Morgan fingerprint density at radius 2 is 1.91 bits per heavy atom. The van der Waals surface area contributed by atoms with Crippen molar-refractivity contribution < 1.29 is 4.74 Å². The summed E-state index contributed by atoms with van der Waals surface area (Å²) in [6, 6.07) is 9.21. The van der Waals surface area contributed by atoms with E-state index in [2.05, 4.69) is 38.7 Å². The molecule has 7 nitrogen and oxygen atoms in total. The molecule has 2 saturated heterocycles. The molecule has 0 saturated carbocycles. The largest absolute Gasteiger partial charge is 0.491 e. The number of hydrogen-bond acceptors (Lipinski definition) is 6. The van der Waals surface area contributed by atoms with E-state index in [9.17, 15) is 0 Å². The zero-order valence-corrected chi connectivity index (χ0v) is 18.7. The van der Waals surface area contributed by atoms with E-state index in [4.69, 9.17) is 14.7 Å². The summed E-state index contributed by atoms with van der Waals surface area (Å²) in [5, 5.41) is 0. The van der Waals surface area contributed by atoms with Crippen LogP contribution in [-0.2, 0) is 6.54 Å². The number of rotatable bonds is 3. The Labute approximate surface area is 189 Å². The smallest absolute Gasteiger partial charge is 0.146 e. The Morgan fingerprint density at radius 1 is 0.969 bits per heavy atom. The molecule has 0 N–H and O–H groups in total. The lowest BCUT2D eigenvalue weighted by Gasteiger charge is -2.40. The molecule has 0 bridgehead atoms. The van der Waals surface area contributed by atoms with E-state index in [1.807, 2.05) is 24.4 Å². The average molecular weight is 431 g/mol. The van der Waals surface area contributed by atoms with E-state index in [1.54, 1.807) is 6.20 Å². The maximum Gasteiger partial charge on any atom is 0.146 e. The molecule has 3 aliphatic heterocycles. The van der Waals surface area contributed by atoms with Crippen molar-refractivity contribution in [3.8, 4) is 28.5 Å². The number of nitrogens with zero attached hydrogens (tertiary/aromatic N) is 6. The summed E-state index contributed by atoms with van der Waals surface area (Å²) in [4.78, 5) is 19.4. The second-order valence-electron chi connectivity index (χ2n) is 9.19. The molecule has 3 aromatic heterocycles. The highest BCUT2D eigenvalue weighted by atomic mass is 16.5. The Kier molecular flexibility index (Phi) is 5.06. The molecule has 166 valence electrons. The average Bonchev–Trinajstić information content (AvgIpc) is 3.44. The van der Waals surface area contributed by atoms with Crippen molar-refractivity contribution in [1.82, 2.24) is 24.4 Å². The van der Waals surface area contributed by atoms with Crippen LogP contribution in [0.5, 0.6) is 5.75 Å². The number of piperidine rings is 1. The van der Waals surface area contributed by atoms with Crippen LogP contribution in [-0.4, -0.2) is 63.2 Å². The van der Waals surface area contributed by atoms with Gasteiger partial charge in [-0.25, -0.2) is 9.97 Å². The molecule has 2 unspecified atom stereocenters. The van der Waals surface area contributed by atoms with Gasteiger partial charge in [0, 0.05) is 43.3 Å². The zero-order valence-electron chi connectivity index (χ0n) is 18.7. The molecular formula is C25H30N6O. The van der Waals surface area contributed by atoms with E-state index in [-0.39, 0.29) is 0 Å². The minimum absolute atomic E-state index is 0.536. The minimum atomic E-state index is 0.536. The van der Waals surface area contributed by atoms with Crippen LogP contribution in [0.4, 0.5) is 5.82 Å². The van der Waals surface area contributed by atoms with Crippen molar-refractivity contribution >= 4 is 5.82 Å². The van der Waals surface area contributed by atoms with Crippen molar-refractivity contribution in [2.24, 2.45) is 0 Å². The van der Waals surface area contributed by atoms with Gasteiger partial charge in [0.1, 0.15) is 29.7 Å². The molecule has 0 spiro atoms. The van der Waals surface area contributed by atoms with Crippen molar-refractivity contribution in [2.75, 3.05) is 31.6 Å². The Morgan fingerprint density at radius 3 is 2.78 bits per heavy atom. The van der Waals surface area contributed by atoms with Crippen molar-refractivity contribution in [3.05, 3.63) is 42.9 Å². The van der Waals surface area contributed by atoms with Crippen molar-refractivity contribution in [1.29, 1.82) is 0 Å². The van der Waals surface area contributed by atoms with Gasteiger partial charge in [-0.1, -0.05) is 12.5 Å². The third-order valence-corrected chi connectivity index (χ3v) is 7.25. The number of pyridine rings is 2. The Hall–Kier alpha value is -2.93. The highest BCUT2D eigenvalue weighted by molar-refractivity contribution is 5.70. The summed E-state index contributed by atoms with van der Waals surface area (Å²) in [7, 11) is 2.28. The molecule has 0 aliphatic carbocycles. The molecule has 0 amide bonds. The molecular weight excluding hydrogens is 400 g/mol. The molecule has 3 aromatic rings. The fourth-order valence-corrected chi connectivity index (χ4v) is 5.63. The molecule has 6 rings (SSSR count). The summed E-state index contributed by atoms with van der Waals surface area (Å²) in [5.41, 5.74) is 2.73. The van der Waals surface area contributed by atoms with Gasteiger partial charge in [-0.05, 0) is 51.4 Å². The van der Waals surface area contributed by atoms with Crippen LogP contribution in [0.1, 0.15) is 32.1 Å². The van der Waals surface area contributed by atoms with Crippen LogP contribution >= 0.6 is 0 Å². The minimum Gasteiger partial charge on any atom is -0.491 e. The predicted octanol–water partition coefficient (Wildman–Crippen LogP) is 3.85. The quantitative estimate of drug-likeness (QED) is 0.629. The monoisotopic (exact) mass is 430 g/mol. The molecule has 3 aliphatic rings. The van der Waals surface area contributed by atoms with Gasteiger partial charge in [0.2, 0.25) is 0 Å². The summed E-state index contributed by atoms with van der Waals surface area (Å²) in [6.07, 6.45) is 12.2. The maximum absolute atomic E-state index is 6.18. The molecule has 2 fully saturated rings. The summed E-state index contributed by atoms with van der Waals surface area (Å²) >= 11 is 0. The van der Waals surface area contributed by atoms with Crippen molar-refractivity contribution in [3.63, 3.8) is 0 Å². The standard InChI is InChI=1S/C25H30N6O/c1-29-11-5-3-8-21(29)22-9-6-12-31(22)24-15-23-18(16-27-24)25-28-20(17-30(25)13-14-32-23)19-7-2-4-10-26-19/h2,4,7,10,15-17,21-22H,3,5-6,8-9,11-14H2,1H3. The normalized spacial score (nSPS) is 23.3. The lowest BCUT2D eigenvalue weighted by atomic mass is 9.94. The highest BCUT2D eigenvalue weighted by Gasteiger charge is 2.36. The van der Waals surface area contributed by atoms with Crippen LogP contribution in [0.3, 0.4) is 0 Å². The first-order chi connectivity index (χ1) is 15.8. The van der Waals surface area contributed by atoms with Crippen LogP contribution in [0.25, 0.3) is 22.8 Å². The van der Waals surface area contributed by atoms with E-state index >= 15 is 0 Å². The number of likely N-dealkylation sites (N-methyl/N-ethyl adjacent to an activating group) is 1. The number of aromatic nitrogens is 4. The van der Waals surface area contributed by atoms with Crippen LogP contribution in [0, 0.1) is 0 Å². The summed E-state index contributed by atoms with van der Waals surface area (Å²) < 4.78 is 8.34. The number of imidazole rings is 1. The van der Waals surface area contributed by atoms with Crippen LogP contribution in [0.2, 0.25) is 0 Å². The zero-order chi connectivity index (χ0) is 21.5. The number of fused-ring (bicyclic) bond motifs is 3. The van der Waals surface area contributed by atoms with Gasteiger partial charge in [-0.15, -0.1) is 0 Å². The number of ether oxygens (including phenoxy) is 1. The summed E-state index contributed by atoms with van der Waals surface area (Å²) in [5.74, 6) is 2.83. The SMILES string of the molecule is CN1CCCCC1C1CCCN1c1cc2c(cn1)-c1nc(-c3ccccn3)cn1CCO2. The third kappa shape index (κ3) is 3.45. The highest BCUT2D eigenvalue weighted by Crippen LogP contribution is 2.38. The van der Waals surface area contributed by atoms with Gasteiger partial charge in [0.15, 0.2) is 0 Å². The molecule has 32 heavy (non-hydrogen) atoms. The summed E-state index contributed by atoms with van der Waals surface area (Å²) in [6.45, 7) is 3.66. The van der Waals surface area contributed by atoms with Gasteiger partial charge in [-0.2, -0.15) is 0 Å². The maximum atomic E-state index is 6.18. The second kappa shape index (κ2) is 8.20. The molecule has 7 heteroatoms. The van der Waals surface area contributed by atoms with E-state index in [0.717, 1.165) is 47.4 Å². The van der Waals surface area contributed by atoms with Gasteiger partial charge < -0.3 is 19.1 Å². The lowest BCUT2D eigenvalue weighted by Crippen LogP contribution is -2.50. The first-order valence-electron chi connectivity index (χ1n) is 11.9. The molecule has 0 aromatic carbocycles. The number of anilines is 1. The van der Waals surface area contributed by atoms with Gasteiger partial charge in [0.05, 0.1) is 17.8 Å². The molecule has 2 atom stereocenters. The van der Waals surface area contributed by atoms with Gasteiger partial charge in [-0.3, -0.25) is 4.98 Å². The fourth-order valence-electron chi connectivity index (χ4n) is 5.63. The van der Waals surface area contributed by atoms with E-state index in [1.165, 1.54) is 38.6 Å². The van der Waals surface area contributed by atoms with Crippen LogP contribution in [0.15, 0.2) is 42.9 Å². The Bertz CT molecular complexity index is 1100. The Balaban J connectivity index is 1.33. The van der Waals surface area contributed by atoms with Crippen molar-refractivity contribution in [2.45, 2.75) is 50.7 Å². The first-order valence-corrected chi connectivity index (χ1v) is 11.9. The van der Waals surface area contributed by atoms with E-state index < -0.39 is 0 Å². The molecule has 0 radical (unpaired) electrons. The lowest BCUT2D eigenvalue weighted by molar-refractivity contribution is 0.160.